The van der Waals surface area contributed by atoms with Gasteiger partial charge in [0, 0.05) is 18.0 Å². The number of para-hydroxylation sites is 2. The molecule has 0 amide bonds. The second-order valence-electron chi connectivity index (χ2n) is 5.49. The normalized spacial score (nSPS) is 11.0. The average Bonchev–Trinajstić information content (AvgIpc) is 2.94. The van der Waals surface area contributed by atoms with Crippen molar-refractivity contribution in [1.29, 1.82) is 0 Å². The third-order valence-electron chi connectivity index (χ3n) is 3.86. The minimum absolute atomic E-state index is 0.118. The van der Waals surface area contributed by atoms with E-state index in [0.29, 0.717) is 22.7 Å². The molecule has 1 N–H and O–H groups in total. The van der Waals surface area contributed by atoms with Crippen LogP contribution >= 0.6 is 0 Å². The minimum Gasteiger partial charge on any atom is -0.497 e. The molecule has 0 saturated heterocycles. The summed E-state index contributed by atoms with van der Waals surface area (Å²) < 4.78 is 6.49. The molecule has 3 aromatic rings. The number of methoxy groups -OCH3 is 1. The Balaban J connectivity index is 1.99. The zero-order valence-corrected chi connectivity index (χ0v) is 14.2. The topological polar surface area (TPSA) is 103 Å². The predicted molar refractivity (Wildman–Crippen MR) is 98.0 cm³/mol. The van der Waals surface area contributed by atoms with Crippen molar-refractivity contribution in [3.05, 3.63) is 80.3 Å². The van der Waals surface area contributed by atoms with E-state index in [9.17, 15) is 14.9 Å². The van der Waals surface area contributed by atoms with E-state index in [2.05, 4.69) is 10.1 Å². The number of nitrogens with one attached hydrogen (secondary N) is 1. The Bertz CT molecular complexity index is 1030. The number of hydrogen-bond acceptors (Lipinski definition) is 5. The Labute approximate surface area is 148 Å². The van der Waals surface area contributed by atoms with Crippen LogP contribution in [0.3, 0.4) is 0 Å². The van der Waals surface area contributed by atoms with Gasteiger partial charge in [0.2, 0.25) is 0 Å². The highest BCUT2D eigenvalue weighted by Crippen LogP contribution is 2.26. The van der Waals surface area contributed by atoms with E-state index in [1.54, 1.807) is 50.4 Å². The van der Waals surface area contributed by atoms with Crippen LogP contribution in [0.25, 0.3) is 5.69 Å². The van der Waals surface area contributed by atoms with Gasteiger partial charge in [-0.15, -0.1) is 0 Å². The number of nitrogens with zero attached hydrogens (tertiary/aromatic N) is 3. The second kappa shape index (κ2) is 7.06. The molecule has 0 atom stereocenters. The van der Waals surface area contributed by atoms with Gasteiger partial charge in [0.05, 0.1) is 23.3 Å². The first-order chi connectivity index (χ1) is 12.5. The number of benzene rings is 2. The van der Waals surface area contributed by atoms with Crippen LogP contribution in [0.15, 0.2) is 58.3 Å². The number of aliphatic imine (C=N–C) groups is 1. The summed E-state index contributed by atoms with van der Waals surface area (Å²) in [5, 5.41) is 14.0. The lowest BCUT2D eigenvalue weighted by atomic mass is 10.2. The molecule has 0 aliphatic carbocycles. The standard InChI is InChI=1S/C18H16N4O4/c1-12-15(11-19-16-5-3-4-6-17(16)22(24)25)18(23)21(20-12)13-7-9-14(26-2)10-8-13/h3-11,20H,1-2H3. The number of aromatic nitrogens is 2. The predicted octanol–water partition coefficient (Wildman–Crippen LogP) is 3.14. The summed E-state index contributed by atoms with van der Waals surface area (Å²) in [5.41, 5.74) is 1.35. The summed E-state index contributed by atoms with van der Waals surface area (Å²) in [5.74, 6) is 0.684. The summed E-state index contributed by atoms with van der Waals surface area (Å²) in [4.78, 5) is 27.3. The van der Waals surface area contributed by atoms with E-state index in [1.165, 1.54) is 23.0 Å². The highest BCUT2D eigenvalue weighted by molar-refractivity contribution is 5.84. The molecule has 0 unspecified atom stereocenters. The molecule has 1 heterocycles. The lowest BCUT2D eigenvalue weighted by molar-refractivity contribution is -0.384. The molecule has 0 bridgehead atoms. The third-order valence-corrected chi connectivity index (χ3v) is 3.86. The Morgan fingerprint density at radius 2 is 1.88 bits per heavy atom. The number of nitro benzene ring substituents is 1. The molecule has 132 valence electrons. The maximum Gasteiger partial charge on any atom is 0.294 e. The lowest BCUT2D eigenvalue weighted by Gasteiger charge is -2.03. The van der Waals surface area contributed by atoms with Crippen molar-refractivity contribution in [2.45, 2.75) is 6.92 Å². The zero-order chi connectivity index (χ0) is 18.7. The molecule has 0 aliphatic heterocycles. The van der Waals surface area contributed by atoms with Gasteiger partial charge >= 0.3 is 0 Å². The van der Waals surface area contributed by atoms with E-state index in [1.807, 2.05) is 0 Å². The van der Waals surface area contributed by atoms with Crippen LogP contribution in [-0.4, -0.2) is 28.0 Å². The average molecular weight is 352 g/mol. The molecule has 8 heteroatoms. The van der Waals surface area contributed by atoms with Crippen molar-refractivity contribution in [3.8, 4) is 11.4 Å². The van der Waals surface area contributed by atoms with Crippen LogP contribution in [0, 0.1) is 17.0 Å². The van der Waals surface area contributed by atoms with Crippen LogP contribution in [0.2, 0.25) is 0 Å². The van der Waals surface area contributed by atoms with Crippen LogP contribution in [0.1, 0.15) is 11.3 Å². The molecule has 0 saturated carbocycles. The molecule has 26 heavy (non-hydrogen) atoms. The van der Waals surface area contributed by atoms with Gasteiger partial charge in [-0.1, -0.05) is 12.1 Å². The van der Waals surface area contributed by atoms with Crippen LogP contribution in [-0.2, 0) is 0 Å². The molecular formula is C18H16N4O4. The van der Waals surface area contributed by atoms with E-state index >= 15 is 0 Å². The summed E-state index contributed by atoms with van der Waals surface area (Å²) in [6.07, 6.45) is 1.34. The van der Waals surface area contributed by atoms with Crippen molar-refractivity contribution in [1.82, 2.24) is 9.78 Å². The Hall–Kier alpha value is -3.68. The van der Waals surface area contributed by atoms with Gasteiger partial charge in [-0.3, -0.25) is 20.0 Å². The smallest absolute Gasteiger partial charge is 0.294 e. The molecular weight excluding hydrogens is 336 g/mol. The molecule has 0 fully saturated rings. The highest BCUT2D eigenvalue weighted by Gasteiger charge is 2.13. The summed E-state index contributed by atoms with van der Waals surface area (Å²) in [7, 11) is 1.57. The van der Waals surface area contributed by atoms with Gasteiger partial charge in [-0.2, -0.15) is 0 Å². The number of hydrogen-bond donors (Lipinski definition) is 1. The second-order valence-corrected chi connectivity index (χ2v) is 5.49. The first kappa shape index (κ1) is 17.2. The summed E-state index contributed by atoms with van der Waals surface area (Å²) in [6, 6.07) is 13.1. The molecule has 2 aromatic carbocycles. The quantitative estimate of drug-likeness (QED) is 0.433. The maximum absolute atomic E-state index is 12.7. The van der Waals surface area contributed by atoms with E-state index in [4.69, 9.17) is 4.74 Å². The largest absolute Gasteiger partial charge is 0.497 e. The van der Waals surface area contributed by atoms with Crippen molar-refractivity contribution >= 4 is 17.6 Å². The Morgan fingerprint density at radius 3 is 2.54 bits per heavy atom. The fraction of sp³-hybridized carbons (Fsp3) is 0.111. The van der Waals surface area contributed by atoms with Crippen molar-refractivity contribution < 1.29 is 9.66 Å². The first-order valence-electron chi connectivity index (χ1n) is 7.75. The van der Waals surface area contributed by atoms with Gasteiger partial charge in [0.25, 0.3) is 11.2 Å². The Kier molecular flexibility index (Phi) is 4.66. The molecule has 0 radical (unpaired) electrons. The summed E-state index contributed by atoms with van der Waals surface area (Å²) in [6.45, 7) is 1.74. The molecule has 0 aliphatic rings. The van der Waals surface area contributed by atoms with Crippen LogP contribution in [0.5, 0.6) is 5.75 Å². The lowest BCUT2D eigenvalue weighted by Crippen LogP contribution is -2.17. The molecule has 3 rings (SSSR count). The van der Waals surface area contributed by atoms with Crippen molar-refractivity contribution in [2.24, 2.45) is 4.99 Å². The van der Waals surface area contributed by atoms with Crippen LogP contribution in [0.4, 0.5) is 11.4 Å². The van der Waals surface area contributed by atoms with Crippen LogP contribution < -0.4 is 10.3 Å². The van der Waals surface area contributed by atoms with Gasteiger partial charge in [-0.05, 0) is 37.3 Å². The number of aromatic amines is 1. The van der Waals surface area contributed by atoms with E-state index in [0.717, 1.165) is 0 Å². The van der Waals surface area contributed by atoms with E-state index < -0.39 is 4.92 Å². The highest BCUT2D eigenvalue weighted by atomic mass is 16.6. The molecule has 1 aromatic heterocycles. The summed E-state index contributed by atoms with van der Waals surface area (Å²) >= 11 is 0. The molecule has 8 nitrogen and oxygen atoms in total. The van der Waals surface area contributed by atoms with Gasteiger partial charge in [0.1, 0.15) is 11.4 Å². The van der Waals surface area contributed by atoms with Crippen molar-refractivity contribution in [3.63, 3.8) is 0 Å². The van der Waals surface area contributed by atoms with Gasteiger partial charge in [-0.25, -0.2) is 9.67 Å². The number of aryl methyl sites for hydroxylation is 1. The molecule has 0 spiro atoms. The zero-order valence-electron chi connectivity index (χ0n) is 14.2. The maximum atomic E-state index is 12.7. The number of rotatable bonds is 5. The number of H-pyrrole nitrogens is 1. The Morgan fingerprint density at radius 1 is 1.19 bits per heavy atom. The third kappa shape index (κ3) is 3.25. The fourth-order valence-electron chi connectivity index (χ4n) is 2.49. The van der Waals surface area contributed by atoms with Crippen molar-refractivity contribution in [2.75, 3.05) is 7.11 Å². The first-order valence-corrected chi connectivity index (χ1v) is 7.75. The number of ether oxygens (including phenoxy) is 1. The monoisotopic (exact) mass is 352 g/mol. The minimum atomic E-state index is -0.508. The SMILES string of the molecule is COc1ccc(-n2[nH]c(C)c(C=Nc3ccccc3[N+](=O)[O-])c2=O)cc1. The fourth-order valence-corrected chi connectivity index (χ4v) is 2.49. The number of nitro groups is 1. The van der Waals surface area contributed by atoms with Gasteiger partial charge in [0.15, 0.2) is 0 Å². The van der Waals surface area contributed by atoms with E-state index in [-0.39, 0.29) is 16.9 Å². The van der Waals surface area contributed by atoms with Gasteiger partial charge < -0.3 is 4.74 Å².